The van der Waals surface area contributed by atoms with Crippen LogP contribution in [0.5, 0.6) is 17.2 Å². The minimum atomic E-state index is -0.273. The van der Waals surface area contributed by atoms with Crippen molar-refractivity contribution in [3.8, 4) is 17.2 Å². The molecule has 2 amide bonds. The minimum Gasteiger partial charge on any atom is -0.497 e. The van der Waals surface area contributed by atoms with E-state index >= 15 is 0 Å². The van der Waals surface area contributed by atoms with Crippen LogP contribution in [0, 0.1) is 0 Å². The summed E-state index contributed by atoms with van der Waals surface area (Å²) >= 11 is 1.29. The van der Waals surface area contributed by atoms with Crippen molar-refractivity contribution >= 4 is 28.3 Å². The summed E-state index contributed by atoms with van der Waals surface area (Å²) in [7, 11) is 4.70. The number of anilines is 1. The predicted molar refractivity (Wildman–Crippen MR) is 121 cm³/mol. The van der Waals surface area contributed by atoms with E-state index in [0.29, 0.717) is 34.4 Å². The van der Waals surface area contributed by atoms with Crippen molar-refractivity contribution in [3.63, 3.8) is 0 Å². The van der Waals surface area contributed by atoms with Crippen LogP contribution in [0.3, 0.4) is 0 Å². The van der Waals surface area contributed by atoms with Crippen LogP contribution in [-0.4, -0.2) is 49.9 Å². The summed E-state index contributed by atoms with van der Waals surface area (Å²) in [6, 6.07) is 12.4. The molecule has 0 radical (unpaired) electrons. The standard InChI is InChI=1S/C22H24N4O5S/c1-29-16-6-4-5-15(13-16)21(28)23-10-9-19(27)24-22-26-25-20(32-22)12-14-7-8-17(30-2)18(11-14)31-3/h4-8,11,13H,9-10,12H2,1-3H3,(H,23,28)(H,24,26,27). The number of aromatic nitrogens is 2. The van der Waals surface area contributed by atoms with Gasteiger partial charge < -0.3 is 24.8 Å². The van der Waals surface area contributed by atoms with Crippen LogP contribution in [0.4, 0.5) is 5.13 Å². The second-order valence-electron chi connectivity index (χ2n) is 6.65. The molecule has 1 heterocycles. The van der Waals surface area contributed by atoms with Crippen LogP contribution >= 0.6 is 11.3 Å². The molecule has 0 unspecified atom stereocenters. The highest BCUT2D eigenvalue weighted by molar-refractivity contribution is 7.15. The van der Waals surface area contributed by atoms with Crippen molar-refractivity contribution in [1.29, 1.82) is 0 Å². The second-order valence-corrected chi connectivity index (χ2v) is 7.72. The molecular weight excluding hydrogens is 432 g/mol. The first-order valence-corrected chi connectivity index (χ1v) is 10.6. The van der Waals surface area contributed by atoms with E-state index in [1.807, 2.05) is 18.2 Å². The lowest BCUT2D eigenvalue weighted by atomic mass is 10.1. The molecule has 0 aliphatic carbocycles. The molecule has 0 aliphatic rings. The Labute approximate surface area is 189 Å². The predicted octanol–water partition coefficient (Wildman–Crippen LogP) is 2.91. The molecule has 3 aromatic rings. The topological polar surface area (TPSA) is 112 Å². The van der Waals surface area contributed by atoms with Crippen LogP contribution < -0.4 is 24.8 Å². The average Bonchev–Trinajstić information content (AvgIpc) is 3.25. The van der Waals surface area contributed by atoms with Crippen LogP contribution in [0.15, 0.2) is 42.5 Å². The van der Waals surface area contributed by atoms with E-state index in [9.17, 15) is 9.59 Å². The Morgan fingerprint density at radius 2 is 1.78 bits per heavy atom. The Kier molecular flexibility index (Phi) is 7.98. The number of ether oxygens (including phenoxy) is 3. The van der Waals surface area contributed by atoms with E-state index in [0.717, 1.165) is 10.6 Å². The van der Waals surface area contributed by atoms with E-state index in [4.69, 9.17) is 14.2 Å². The molecule has 168 valence electrons. The van der Waals surface area contributed by atoms with Gasteiger partial charge in [0.2, 0.25) is 11.0 Å². The first-order chi connectivity index (χ1) is 15.5. The number of carbonyl (C=O) groups is 2. The summed E-state index contributed by atoms with van der Waals surface area (Å²) in [6.07, 6.45) is 0.658. The largest absolute Gasteiger partial charge is 0.497 e. The van der Waals surface area contributed by atoms with Gasteiger partial charge in [-0.15, -0.1) is 10.2 Å². The Morgan fingerprint density at radius 3 is 2.53 bits per heavy atom. The molecule has 2 aromatic carbocycles. The molecule has 0 aliphatic heterocycles. The molecule has 1 aromatic heterocycles. The van der Waals surface area contributed by atoms with Gasteiger partial charge in [0.1, 0.15) is 10.8 Å². The Morgan fingerprint density at radius 1 is 0.969 bits per heavy atom. The summed E-state index contributed by atoms with van der Waals surface area (Å²) in [4.78, 5) is 24.4. The second kappa shape index (κ2) is 11.1. The summed E-state index contributed by atoms with van der Waals surface area (Å²) in [5.74, 6) is 1.35. The van der Waals surface area contributed by atoms with Gasteiger partial charge in [0.25, 0.3) is 5.91 Å². The molecule has 9 nitrogen and oxygen atoms in total. The summed E-state index contributed by atoms with van der Waals surface area (Å²) < 4.78 is 15.7. The summed E-state index contributed by atoms with van der Waals surface area (Å²) in [6.45, 7) is 0.194. The number of carbonyl (C=O) groups excluding carboxylic acids is 2. The lowest BCUT2D eigenvalue weighted by Gasteiger charge is -2.08. The van der Waals surface area contributed by atoms with Gasteiger partial charge in [0, 0.05) is 24.9 Å². The molecule has 32 heavy (non-hydrogen) atoms. The normalized spacial score (nSPS) is 10.3. The maximum Gasteiger partial charge on any atom is 0.251 e. The first kappa shape index (κ1) is 23.0. The van der Waals surface area contributed by atoms with Gasteiger partial charge in [0.05, 0.1) is 21.3 Å². The van der Waals surface area contributed by atoms with Crippen molar-refractivity contribution < 1.29 is 23.8 Å². The molecule has 0 fully saturated rings. The Bertz CT molecular complexity index is 1090. The number of hydrogen-bond acceptors (Lipinski definition) is 8. The van der Waals surface area contributed by atoms with E-state index in [-0.39, 0.29) is 24.8 Å². The third kappa shape index (κ3) is 6.17. The van der Waals surface area contributed by atoms with Crippen LogP contribution in [-0.2, 0) is 11.2 Å². The number of nitrogens with zero attached hydrogens (tertiary/aromatic N) is 2. The SMILES string of the molecule is COc1cccc(C(=O)NCCC(=O)Nc2nnc(Cc3ccc(OC)c(OC)c3)s2)c1. The highest BCUT2D eigenvalue weighted by atomic mass is 32.1. The van der Waals surface area contributed by atoms with Crippen LogP contribution in [0.2, 0.25) is 0 Å². The van der Waals surface area contributed by atoms with Crippen molar-refractivity contribution in [2.24, 2.45) is 0 Å². The highest BCUT2D eigenvalue weighted by Crippen LogP contribution is 2.29. The van der Waals surface area contributed by atoms with Crippen molar-refractivity contribution in [2.45, 2.75) is 12.8 Å². The lowest BCUT2D eigenvalue weighted by Crippen LogP contribution is -2.27. The Hall–Kier alpha value is -3.66. The van der Waals surface area contributed by atoms with Crippen LogP contribution in [0.1, 0.15) is 27.3 Å². The highest BCUT2D eigenvalue weighted by Gasteiger charge is 2.12. The average molecular weight is 457 g/mol. The fraction of sp³-hybridized carbons (Fsp3) is 0.273. The molecule has 0 bridgehead atoms. The quantitative estimate of drug-likeness (QED) is 0.482. The molecule has 3 rings (SSSR count). The maximum absolute atomic E-state index is 12.2. The molecule has 2 N–H and O–H groups in total. The lowest BCUT2D eigenvalue weighted by molar-refractivity contribution is -0.116. The molecule has 0 saturated heterocycles. The number of hydrogen-bond donors (Lipinski definition) is 2. The van der Waals surface area contributed by atoms with Gasteiger partial charge in [-0.3, -0.25) is 9.59 Å². The van der Waals surface area contributed by atoms with Crippen LogP contribution in [0.25, 0.3) is 0 Å². The van der Waals surface area contributed by atoms with E-state index in [2.05, 4.69) is 20.8 Å². The molecular formula is C22H24N4O5S. The zero-order valence-electron chi connectivity index (χ0n) is 18.0. The molecule has 0 atom stereocenters. The van der Waals surface area contributed by atoms with Crippen molar-refractivity contribution in [2.75, 3.05) is 33.2 Å². The van der Waals surface area contributed by atoms with Gasteiger partial charge in [-0.2, -0.15) is 0 Å². The number of nitrogens with one attached hydrogen (secondary N) is 2. The molecule has 0 spiro atoms. The number of methoxy groups -OCH3 is 3. The smallest absolute Gasteiger partial charge is 0.251 e. The fourth-order valence-electron chi connectivity index (χ4n) is 2.88. The van der Waals surface area contributed by atoms with Gasteiger partial charge in [0.15, 0.2) is 11.5 Å². The number of amides is 2. The fourth-order valence-corrected chi connectivity index (χ4v) is 3.67. The van der Waals surface area contributed by atoms with Gasteiger partial charge >= 0.3 is 0 Å². The van der Waals surface area contributed by atoms with Gasteiger partial charge in [-0.25, -0.2) is 0 Å². The van der Waals surface area contributed by atoms with Crippen molar-refractivity contribution in [1.82, 2.24) is 15.5 Å². The molecule has 0 saturated carbocycles. The molecule has 10 heteroatoms. The third-order valence-electron chi connectivity index (χ3n) is 4.49. The minimum absolute atomic E-state index is 0.111. The summed E-state index contributed by atoms with van der Waals surface area (Å²) in [5.41, 5.74) is 1.45. The third-order valence-corrected chi connectivity index (χ3v) is 5.32. The number of rotatable bonds is 10. The maximum atomic E-state index is 12.2. The van der Waals surface area contributed by atoms with E-state index in [1.54, 1.807) is 38.5 Å². The van der Waals surface area contributed by atoms with E-state index in [1.165, 1.54) is 18.4 Å². The monoisotopic (exact) mass is 456 g/mol. The zero-order valence-corrected chi connectivity index (χ0v) is 18.8. The number of benzene rings is 2. The zero-order chi connectivity index (χ0) is 22.9. The summed E-state index contributed by atoms with van der Waals surface area (Å²) in [5, 5.41) is 14.7. The van der Waals surface area contributed by atoms with Gasteiger partial charge in [-0.1, -0.05) is 23.5 Å². The Balaban J connectivity index is 1.47. The van der Waals surface area contributed by atoms with Crippen molar-refractivity contribution in [3.05, 3.63) is 58.6 Å². The first-order valence-electron chi connectivity index (χ1n) is 9.77. The van der Waals surface area contributed by atoms with E-state index < -0.39 is 0 Å². The van der Waals surface area contributed by atoms with Gasteiger partial charge in [-0.05, 0) is 35.9 Å².